The number of para-hydroxylation sites is 1. The molecule has 10 heteroatoms. The number of rotatable bonds is 8. The maximum atomic E-state index is 13.8. The number of benzene rings is 2. The highest BCUT2D eigenvalue weighted by Gasteiger charge is 2.31. The summed E-state index contributed by atoms with van der Waals surface area (Å²) in [5.74, 6) is -0.168. The van der Waals surface area contributed by atoms with Gasteiger partial charge in [0, 0.05) is 44.3 Å². The van der Waals surface area contributed by atoms with Crippen LogP contribution in [0.1, 0.15) is 48.5 Å². The van der Waals surface area contributed by atoms with Gasteiger partial charge in [-0.1, -0.05) is 29.9 Å². The molecule has 2 fully saturated rings. The lowest BCUT2D eigenvalue weighted by Crippen LogP contribution is -2.41. The number of hydrogen-bond acceptors (Lipinski definition) is 7. The summed E-state index contributed by atoms with van der Waals surface area (Å²) < 4.78 is 34.6. The van der Waals surface area contributed by atoms with Crippen LogP contribution in [0.25, 0.3) is 10.2 Å². The summed E-state index contributed by atoms with van der Waals surface area (Å²) in [6.07, 6.45) is 3.60. The standard InChI is InChI=1S/C28H36N4O4S2/c1-21-7-5-9-25-26(21)29-28(37-25)31(15-6-14-30-17-19-36-20-18-30)27(33)23-10-12-24(13-11-23)38(34,35)32-16-4-3-8-22(32)2/h5,7,9-13,22H,3-4,6,8,14-20H2,1-2H3. The fourth-order valence-corrected chi connectivity index (χ4v) is 8.01. The van der Waals surface area contributed by atoms with Gasteiger partial charge in [-0.25, -0.2) is 13.4 Å². The van der Waals surface area contributed by atoms with Gasteiger partial charge in [-0.05, 0) is 69.0 Å². The first-order valence-corrected chi connectivity index (χ1v) is 15.7. The topological polar surface area (TPSA) is 83.0 Å². The number of anilines is 1. The number of ether oxygens (including phenoxy) is 1. The Morgan fingerprint density at radius 2 is 1.87 bits per heavy atom. The molecule has 1 atom stereocenters. The normalized spacial score (nSPS) is 19.6. The van der Waals surface area contributed by atoms with Crippen molar-refractivity contribution < 1.29 is 17.9 Å². The van der Waals surface area contributed by atoms with Crippen molar-refractivity contribution in [3.63, 3.8) is 0 Å². The summed E-state index contributed by atoms with van der Waals surface area (Å²) >= 11 is 1.51. The van der Waals surface area contributed by atoms with Gasteiger partial charge in [-0.2, -0.15) is 4.31 Å². The minimum atomic E-state index is -3.59. The van der Waals surface area contributed by atoms with Crippen LogP contribution in [0.3, 0.4) is 0 Å². The van der Waals surface area contributed by atoms with Gasteiger partial charge >= 0.3 is 0 Å². The van der Waals surface area contributed by atoms with E-state index >= 15 is 0 Å². The number of sulfonamides is 1. The second kappa shape index (κ2) is 11.8. The maximum absolute atomic E-state index is 13.8. The SMILES string of the molecule is Cc1cccc2sc(N(CCCN3CCOCC3)C(=O)c3ccc(S(=O)(=O)N4CCCCC4C)cc3)nc12. The molecule has 2 aliphatic heterocycles. The first-order valence-electron chi connectivity index (χ1n) is 13.4. The Morgan fingerprint density at radius 1 is 1.11 bits per heavy atom. The van der Waals surface area contributed by atoms with Crippen LogP contribution in [0, 0.1) is 6.92 Å². The predicted molar refractivity (Wildman–Crippen MR) is 152 cm³/mol. The number of hydrogen-bond donors (Lipinski definition) is 0. The molecule has 0 N–H and O–H groups in total. The predicted octanol–water partition coefficient (Wildman–Crippen LogP) is 4.54. The Kier molecular flexibility index (Phi) is 8.44. The van der Waals surface area contributed by atoms with Crippen LogP contribution in [0.5, 0.6) is 0 Å². The number of carbonyl (C=O) groups is 1. The fourth-order valence-electron chi connectivity index (χ4n) is 5.24. The molecule has 0 saturated carbocycles. The number of piperidine rings is 1. The van der Waals surface area contributed by atoms with E-state index in [1.165, 1.54) is 11.3 Å². The molecule has 8 nitrogen and oxygen atoms in total. The molecule has 1 amide bonds. The third kappa shape index (κ3) is 5.79. The highest BCUT2D eigenvalue weighted by atomic mass is 32.2. The zero-order valence-electron chi connectivity index (χ0n) is 22.1. The zero-order valence-corrected chi connectivity index (χ0v) is 23.8. The molecule has 2 aromatic carbocycles. The van der Waals surface area contributed by atoms with Crippen LogP contribution in [0.2, 0.25) is 0 Å². The van der Waals surface area contributed by atoms with Crippen molar-refractivity contribution >= 4 is 42.6 Å². The number of carbonyl (C=O) groups excluding carboxylic acids is 1. The van der Waals surface area contributed by atoms with Crippen molar-refractivity contribution in [3.8, 4) is 0 Å². The van der Waals surface area contributed by atoms with E-state index in [9.17, 15) is 13.2 Å². The average molecular weight is 557 g/mol. The highest BCUT2D eigenvalue weighted by Crippen LogP contribution is 2.32. The maximum Gasteiger partial charge on any atom is 0.260 e. The van der Waals surface area contributed by atoms with E-state index in [4.69, 9.17) is 9.72 Å². The van der Waals surface area contributed by atoms with E-state index in [1.807, 2.05) is 32.0 Å². The number of morpholine rings is 1. The van der Waals surface area contributed by atoms with Crippen molar-refractivity contribution in [2.75, 3.05) is 50.8 Å². The molecular weight excluding hydrogens is 520 g/mol. The molecular formula is C28H36N4O4S2. The van der Waals surface area contributed by atoms with Crippen molar-refractivity contribution in [1.29, 1.82) is 0 Å². The van der Waals surface area contributed by atoms with Crippen LogP contribution in [-0.4, -0.2) is 80.5 Å². The van der Waals surface area contributed by atoms with Crippen molar-refractivity contribution in [1.82, 2.24) is 14.2 Å². The molecule has 0 bridgehead atoms. The molecule has 0 aliphatic carbocycles. The molecule has 2 aliphatic rings. The summed E-state index contributed by atoms with van der Waals surface area (Å²) in [6, 6.07) is 12.5. The number of aromatic nitrogens is 1. The van der Waals surface area contributed by atoms with Gasteiger partial charge in [0.05, 0.1) is 28.3 Å². The van der Waals surface area contributed by atoms with E-state index < -0.39 is 10.0 Å². The Morgan fingerprint density at radius 3 is 2.58 bits per heavy atom. The van der Waals surface area contributed by atoms with Crippen molar-refractivity contribution in [2.45, 2.75) is 50.5 Å². The van der Waals surface area contributed by atoms with Gasteiger partial charge in [0.25, 0.3) is 5.91 Å². The van der Waals surface area contributed by atoms with Crippen LogP contribution in [0.4, 0.5) is 5.13 Å². The molecule has 204 valence electrons. The molecule has 38 heavy (non-hydrogen) atoms. The highest BCUT2D eigenvalue weighted by molar-refractivity contribution is 7.89. The molecule has 3 aromatic rings. The third-order valence-electron chi connectivity index (χ3n) is 7.50. The minimum Gasteiger partial charge on any atom is -0.379 e. The van der Waals surface area contributed by atoms with Crippen LogP contribution >= 0.6 is 11.3 Å². The molecule has 1 aromatic heterocycles. The summed E-state index contributed by atoms with van der Waals surface area (Å²) in [6.45, 7) is 9.22. The summed E-state index contributed by atoms with van der Waals surface area (Å²) in [5.41, 5.74) is 2.45. The van der Waals surface area contributed by atoms with E-state index in [2.05, 4.69) is 4.90 Å². The molecule has 1 unspecified atom stereocenters. The molecule has 2 saturated heterocycles. The number of fused-ring (bicyclic) bond motifs is 1. The van der Waals surface area contributed by atoms with Crippen LogP contribution in [0.15, 0.2) is 47.4 Å². The summed E-state index contributed by atoms with van der Waals surface area (Å²) in [4.78, 5) is 23.0. The first-order chi connectivity index (χ1) is 18.3. The van der Waals surface area contributed by atoms with Crippen LogP contribution in [-0.2, 0) is 14.8 Å². The smallest absolute Gasteiger partial charge is 0.260 e. The Balaban J connectivity index is 1.38. The average Bonchev–Trinajstić information content (AvgIpc) is 3.37. The van der Waals surface area contributed by atoms with Gasteiger partial charge in [0.1, 0.15) is 0 Å². The fraction of sp³-hybridized carbons (Fsp3) is 0.500. The lowest BCUT2D eigenvalue weighted by molar-refractivity contribution is 0.0376. The Labute approximate surface area is 229 Å². The van der Waals surface area contributed by atoms with Gasteiger partial charge < -0.3 is 4.74 Å². The molecule has 3 heterocycles. The number of amides is 1. The van der Waals surface area contributed by atoms with Gasteiger partial charge in [-0.15, -0.1) is 0 Å². The van der Waals surface area contributed by atoms with Crippen LogP contribution < -0.4 is 4.90 Å². The number of aryl methyl sites for hydroxylation is 1. The lowest BCUT2D eigenvalue weighted by atomic mass is 10.1. The minimum absolute atomic E-state index is 0.0143. The Hall–Kier alpha value is -2.37. The van der Waals surface area contributed by atoms with E-state index in [1.54, 1.807) is 33.5 Å². The third-order valence-corrected chi connectivity index (χ3v) is 10.6. The quantitative estimate of drug-likeness (QED) is 0.405. The molecule has 0 spiro atoms. The summed E-state index contributed by atoms with van der Waals surface area (Å²) in [5, 5.41) is 0.667. The number of thiazole rings is 1. The van der Waals surface area contributed by atoms with Crippen molar-refractivity contribution in [2.24, 2.45) is 0 Å². The van der Waals surface area contributed by atoms with Gasteiger partial charge in [-0.3, -0.25) is 14.6 Å². The second-order valence-corrected chi connectivity index (χ2v) is 13.1. The monoisotopic (exact) mass is 556 g/mol. The van der Waals surface area contributed by atoms with E-state index in [-0.39, 0.29) is 16.8 Å². The van der Waals surface area contributed by atoms with E-state index in [0.29, 0.717) is 23.8 Å². The lowest BCUT2D eigenvalue weighted by Gasteiger charge is -2.32. The van der Waals surface area contributed by atoms with Gasteiger partial charge in [0.2, 0.25) is 10.0 Å². The zero-order chi connectivity index (χ0) is 26.7. The van der Waals surface area contributed by atoms with E-state index in [0.717, 1.165) is 74.3 Å². The number of nitrogens with zero attached hydrogens (tertiary/aromatic N) is 4. The second-order valence-electron chi connectivity index (χ2n) is 10.2. The Bertz CT molecular complexity index is 1370. The van der Waals surface area contributed by atoms with Crippen molar-refractivity contribution in [3.05, 3.63) is 53.6 Å². The molecule has 0 radical (unpaired) electrons. The largest absolute Gasteiger partial charge is 0.379 e. The van der Waals surface area contributed by atoms with Gasteiger partial charge in [0.15, 0.2) is 5.13 Å². The first kappa shape index (κ1) is 27.2. The summed E-state index contributed by atoms with van der Waals surface area (Å²) in [7, 11) is -3.59. The molecule has 5 rings (SSSR count).